The molecule has 3 aliphatic heterocycles. The number of nitriles is 1. The standard InChI is InChI=1S/C26H31N5O3.2C2H6/c1-25(2)10-20(25)24(34)30-16-26(17-30)15-29(14-21(26)22(32)8-9-27)23(33)19-11-28-31(13-19)12-18-6-4-3-5-7-18;2*1-2/h3-7,13,20-21,28H,8,10-12,14-17H2,1-2H3;2*1-2H3. The van der Waals surface area contributed by atoms with Gasteiger partial charge in [-0.05, 0) is 17.4 Å². The Balaban J connectivity index is 0.000000956. The minimum Gasteiger partial charge on any atom is -0.341 e. The Morgan fingerprint density at radius 2 is 1.61 bits per heavy atom. The first-order valence-corrected chi connectivity index (χ1v) is 13.9. The molecule has 0 aromatic heterocycles. The fourth-order valence-corrected chi connectivity index (χ4v) is 5.75. The summed E-state index contributed by atoms with van der Waals surface area (Å²) in [6.07, 6.45) is 2.59. The lowest BCUT2D eigenvalue weighted by atomic mass is 9.69. The number of hydrazine groups is 1. The van der Waals surface area contributed by atoms with Crippen LogP contribution < -0.4 is 5.43 Å². The summed E-state index contributed by atoms with van der Waals surface area (Å²) in [6, 6.07) is 12.0. The molecule has 4 aliphatic rings. The van der Waals surface area contributed by atoms with E-state index in [0.717, 1.165) is 12.0 Å². The van der Waals surface area contributed by atoms with Gasteiger partial charge >= 0.3 is 0 Å². The molecule has 5 rings (SSSR count). The van der Waals surface area contributed by atoms with E-state index in [2.05, 4.69) is 19.3 Å². The first-order chi connectivity index (χ1) is 18.2. The van der Waals surface area contributed by atoms with Crippen LogP contribution in [0.15, 0.2) is 42.1 Å². The highest BCUT2D eigenvalue weighted by molar-refractivity contribution is 5.95. The Morgan fingerprint density at radius 1 is 1.00 bits per heavy atom. The Morgan fingerprint density at radius 3 is 2.18 bits per heavy atom. The van der Waals surface area contributed by atoms with Crippen LogP contribution in [-0.4, -0.2) is 65.1 Å². The number of likely N-dealkylation sites (tertiary alicyclic amines) is 2. The highest BCUT2D eigenvalue weighted by Crippen LogP contribution is 2.54. The first-order valence-electron chi connectivity index (χ1n) is 13.9. The van der Waals surface area contributed by atoms with E-state index in [4.69, 9.17) is 5.26 Å². The molecule has 2 unspecified atom stereocenters. The molecule has 0 radical (unpaired) electrons. The van der Waals surface area contributed by atoms with Crippen LogP contribution in [0, 0.1) is 34.0 Å². The fourth-order valence-electron chi connectivity index (χ4n) is 5.75. The Kier molecular flexibility index (Phi) is 9.37. The smallest absolute Gasteiger partial charge is 0.252 e. The maximum atomic E-state index is 13.4. The van der Waals surface area contributed by atoms with Crippen molar-refractivity contribution < 1.29 is 14.4 Å². The molecule has 38 heavy (non-hydrogen) atoms. The van der Waals surface area contributed by atoms with E-state index in [1.165, 1.54) is 0 Å². The highest BCUT2D eigenvalue weighted by atomic mass is 16.2. The Labute approximate surface area is 227 Å². The van der Waals surface area contributed by atoms with E-state index in [1.807, 2.05) is 80.2 Å². The third-order valence-corrected chi connectivity index (χ3v) is 7.97. The average molecular weight is 522 g/mol. The molecule has 1 spiro atoms. The molecule has 1 saturated carbocycles. The van der Waals surface area contributed by atoms with Crippen LogP contribution in [0.5, 0.6) is 0 Å². The van der Waals surface area contributed by atoms with E-state index >= 15 is 0 Å². The van der Waals surface area contributed by atoms with E-state index in [0.29, 0.717) is 44.8 Å². The van der Waals surface area contributed by atoms with E-state index in [-0.39, 0.29) is 35.4 Å². The van der Waals surface area contributed by atoms with Crippen molar-refractivity contribution in [1.82, 2.24) is 20.2 Å². The van der Waals surface area contributed by atoms with E-state index in [9.17, 15) is 14.4 Å². The molecule has 0 bridgehead atoms. The summed E-state index contributed by atoms with van der Waals surface area (Å²) < 4.78 is 0. The van der Waals surface area contributed by atoms with Crippen LogP contribution in [0.2, 0.25) is 0 Å². The third-order valence-electron chi connectivity index (χ3n) is 7.97. The molecule has 2 saturated heterocycles. The quantitative estimate of drug-likeness (QED) is 0.612. The topological polar surface area (TPSA) is 96.8 Å². The average Bonchev–Trinajstić information content (AvgIpc) is 3.23. The number of Topliss-reactive ketones (excluding diaryl/α,β-unsaturated/α-hetero) is 1. The first kappa shape index (κ1) is 29.4. The molecule has 1 aromatic carbocycles. The number of carbonyl (C=O) groups excluding carboxylic acids is 3. The maximum Gasteiger partial charge on any atom is 0.252 e. The van der Waals surface area contributed by atoms with Crippen LogP contribution in [0.3, 0.4) is 0 Å². The van der Waals surface area contributed by atoms with Gasteiger partial charge in [0, 0.05) is 56.2 Å². The number of carbonyl (C=O) groups is 3. The van der Waals surface area contributed by atoms with Gasteiger partial charge in [-0.3, -0.25) is 14.4 Å². The number of hydrogen-bond acceptors (Lipinski definition) is 6. The fraction of sp³-hybridized carbons (Fsp3) is 0.600. The normalized spacial score (nSPS) is 23.7. The lowest BCUT2D eigenvalue weighted by Crippen LogP contribution is -2.63. The number of hydrogen-bond donors (Lipinski definition) is 1. The van der Waals surface area contributed by atoms with Crippen molar-refractivity contribution in [3.8, 4) is 6.07 Å². The number of benzene rings is 1. The van der Waals surface area contributed by atoms with Crippen molar-refractivity contribution in [2.75, 3.05) is 32.7 Å². The van der Waals surface area contributed by atoms with Crippen LogP contribution >= 0.6 is 0 Å². The minimum absolute atomic E-state index is 0.0567. The summed E-state index contributed by atoms with van der Waals surface area (Å²) in [6.45, 7) is 15.0. The number of rotatable bonds is 6. The highest BCUT2D eigenvalue weighted by Gasteiger charge is 2.61. The van der Waals surface area contributed by atoms with Crippen molar-refractivity contribution in [1.29, 1.82) is 5.26 Å². The molecular weight excluding hydrogens is 478 g/mol. The molecule has 2 atom stereocenters. The largest absolute Gasteiger partial charge is 0.341 e. The Bertz CT molecular complexity index is 1080. The van der Waals surface area contributed by atoms with Crippen LogP contribution in [0.1, 0.15) is 59.9 Å². The molecule has 8 nitrogen and oxygen atoms in total. The summed E-state index contributed by atoms with van der Waals surface area (Å²) in [5.74, 6) is -0.389. The Hall–Kier alpha value is -3.18. The summed E-state index contributed by atoms with van der Waals surface area (Å²) in [5, 5.41) is 11.0. The molecule has 3 fully saturated rings. The summed E-state index contributed by atoms with van der Waals surface area (Å²) in [4.78, 5) is 42.6. The van der Waals surface area contributed by atoms with E-state index < -0.39 is 11.3 Å². The molecule has 3 heterocycles. The second kappa shape index (κ2) is 12.1. The zero-order valence-electron chi connectivity index (χ0n) is 23.8. The number of ketones is 1. The van der Waals surface area contributed by atoms with Gasteiger partial charge in [0.2, 0.25) is 5.91 Å². The van der Waals surface area contributed by atoms with Crippen molar-refractivity contribution in [2.24, 2.45) is 22.7 Å². The minimum atomic E-state index is -0.436. The second-order valence-electron chi connectivity index (χ2n) is 10.9. The van der Waals surface area contributed by atoms with Gasteiger partial charge in [-0.25, -0.2) is 5.43 Å². The van der Waals surface area contributed by atoms with Crippen LogP contribution in [0.25, 0.3) is 0 Å². The van der Waals surface area contributed by atoms with Crippen LogP contribution in [-0.2, 0) is 20.9 Å². The molecule has 1 aliphatic carbocycles. The summed E-state index contributed by atoms with van der Waals surface area (Å²) >= 11 is 0. The van der Waals surface area contributed by atoms with Gasteiger partial charge < -0.3 is 14.8 Å². The molecule has 206 valence electrons. The van der Waals surface area contributed by atoms with Gasteiger partial charge in [0.05, 0.1) is 24.6 Å². The number of nitrogens with one attached hydrogen (secondary N) is 1. The monoisotopic (exact) mass is 521 g/mol. The molecule has 1 aromatic rings. The predicted molar refractivity (Wildman–Crippen MR) is 147 cm³/mol. The molecule has 2 amide bonds. The van der Waals surface area contributed by atoms with Gasteiger partial charge in [0.1, 0.15) is 0 Å². The second-order valence-corrected chi connectivity index (χ2v) is 10.9. The van der Waals surface area contributed by atoms with Gasteiger partial charge in [-0.15, -0.1) is 0 Å². The van der Waals surface area contributed by atoms with Gasteiger partial charge in [-0.2, -0.15) is 5.26 Å². The van der Waals surface area contributed by atoms with Gasteiger partial charge in [0.15, 0.2) is 5.78 Å². The lowest BCUT2D eigenvalue weighted by molar-refractivity contribution is -0.151. The lowest BCUT2D eigenvalue weighted by Gasteiger charge is -2.50. The van der Waals surface area contributed by atoms with Crippen molar-refractivity contribution in [3.05, 3.63) is 47.7 Å². The zero-order valence-corrected chi connectivity index (χ0v) is 23.8. The summed E-state index contributed by atoms with van der Waals surface area (Å²) in [5.41, 5.74) is 4.66. The van der Waals surface area contributed by atoms with Crippen molar-refractivity contribution in [3.63, 3.8) is 0 Å². The molecular formula is C30H43N5O3. The number of amides is 2. The van der Waals surface area contributed by atoms with Gasteiger partial charge in [-0.1, -0.05) is 71.9 Å². The van der Waals surface area contributed by atoms with Crippen molar-refractivity contribution in [2.45, 2.75) is 60.9 Å². The third kappa shape index (κ3) is 5.94. The van der Waals surface area contributed by atoms with Gasteiger partial charge in [0.25, 0.3) is 5.91 Å². The molecule has 1 N–H and O–H groups in total. The molecule has 8 heteroatoms. The SMILES string of the molecule is CC.CC.CC1(C)CC1C(=O)N1CC2(CN(C(=O)C3=CN(Cc4ccccc4)NC3)CC2C(=O)CC#N)C1. The van der Waals surface area contributed by atoms with Crippen molar-refractivity contribution >= 4 is 17.6 Å². The predicted octanol–water partition coefficient (Wildman–Crippen LogP) is 3.76. The summed E-state index contributed by atoms with van der Waals surface area (Å²) in [7, 11) is 0. The maximum absolute atomic E-state index is 13.4. The zero-order chi connectivity index (χ0) is 28.1. The number of nitrogens with zero attached hydrogens (tertiary/aromatic N) is 4. The van der Waals surface area contributed by atoms with Crippen LogP contribution in [0.4, 0.5) is 0 Å². The van der Waals surface area contributed by atoms with E-state index in [1.54, 1.807) is 4.90 Å².